The minimum atomic E-state index is 0.499. The number of hydrogen-bond donors (Lipinski definition) is 2. The molecule has 2 nitrogen and oxygen atoms in total. The maximum Gasteiger partial charge on any atom is 0.117 e. The van der Waals surface area contributed by atoms with Crippen molar-refractivity contribution in [1.29, 1.82) is 0 Å². The minimum absolute atomic E-state index is 0.499. The van der Waals surface area contributed by atoms with Crippen molar-refractivity contribution in [3.63, 3.8) is 0 Å². The van der Waals surface area contributed by atoms with Gasteiger partial charge in [0.25, 0.3) is 0 Å². The van der Waals surface area contributed by atoms with Crippen molar-refractivity contribution in [2.45, 2.75) is 72.1 Å². The predicted molar refractivity (Wildman–Crippen MR) is 96.9 cm³/mol. The maximum absolute atomic E-state index is 9.97. The predicted octanol–water partition coefficient (Wildman–Crippen LogP) is 5.67. The molecule has 0 amide bonds. The minimum Gasteiger partial charge on any atom is -0.508 e. The molecule has 0 spiro atoms. The molecule has 1 aliphatic rings. The van der Waals surface area contributed by atoms with E-state index in [9.17, 15) is 5.11 Å². The molecule has 0 bridgehead atoms. The van der Waals surface area contributed by atoms with Crippen LogP contribution >= 0.6 is 0 Å². The fourth-order valence-electron chi connectivity index (χ4n) is 3.39. The van der Waals surface area contributed by atoms with E-state index in [0.717, 1.165) is 37.0 Å². The van der Waals surface area contributed by atoms with Crippen molar-refractivity contribution in [2.24, 2.45) is 17.6 Å². The van der Waals surface area contributed by atoms with E-state index in [1.54, 1.807) is 0 Å². The molecule has 2 atom stereocenters. The zero-order valence-electron chi connectivity index (χ0n) is 14.8. The van der Waals surface area contributed by atoms with Gasteiger partial charge in [0.05, 0.1) is 0 Å². The van der Waals surface area contributed by atoms with Crippen molar-refractivity contribution < 1.29 is 5.11 Å². The van der Waals surface area contributed by atoms with Crippen molar-refractivity contribution in [1.82, 2.24) is 0 Å². The van der Waals surface area contributed by atoms with Crippen LogP contribution in [0.3, 0.4) is 0 Å². The molecule has 0 fully saturated rings. The molecule has 1 rings (SSSR count). The Hall–Kier alpha value is -1.02. The summed E-state index contributed by atoms with van der Waals surface area (Å²) in [5, 5.41) is 9.97. The first kappa shape index (κ1) is 19.0. The monoisotopic (exact) mass is 305 g/mol. The number of nitrogens with two attached hydrogens (primary N) is 1. The number of aliphatic hydroxyl groups is 1. The lowest BCUT2D eigenvalue weighted by atomic mass is 9.78. The van der Waals surface area contributed by atoms with E-state index in [2.05, 4.69) is 25.2 Å². The summed E-state index contributed by atoms with van der Waals surface area (Å²) in [6.45, 7) is 7.06. The van der Waals surface area contributed by atoms with Crippen molar-refractivity contribution in [2.75, 3.05) is 6.54 Å². The Labute approximate surface area is 137 Å². The van der Waals surface area contributed by atoms with Crippen LogP contribution < -0.4 is 5.73 Å². The molecule has 0 radical (unpaired) electrons. The van der Waals surface area contributed by atoms with Crippen LogP contribution in [-0.4, -0.2) is 11.7 Å². The van der Waals surface area contributed by atoms with E-state index in [0.29, 0.717) is 17.6 Å². The maximum atomic E-state index is 9.97. The standard InChI is InChI=1S/C20H35NO/c1-4-5-6-7-8-9-10-11-18(12-13-21)19-14-16(2)20(22)17(3)15-19/h8-9,14,18-19,22H,4-7,10-13,15,21H2,1-3H3/b9-8+. The molecule has 0 aromatic heterocycles. The van der Waals surface area contributed by atoms with Gasteiger partial charge in [-0.1, -0.05) is 38.0 Å². The van der Waals surface area contributed by atoms with Gasteiger partial charge < -0.3 is 10.8 Å². The summed E-state index contributed by atoms with van der Waals surface area (Å²) in [7, 11) is 0. The zero-order valence-corrected chi connectivity index (χ0v) is 14.8. The second-order valence-corrected chi connectivity index (χ2v) is 6.73. The second-order valence-electron chi connectivity index (χ2n) is 6.73. The van der Waals surface area contributed by atoms with E-state index in [-0.39, 0.29) is 0 Å². The molecule has 0 aromatic carbocycles. The van der Waals surface area contributed by atoms with Crippen LogP contribution in [0.4, 0.5) is 0 Å². The van der Waals surface area contributed by atoms with Crippen LogP contribution in [0, 0.1) is 11.8 Å². The summed E-state index contributed by atoms with van der Waals surface area (Å²) in [6, 6.07) is 0. The van der Waals surface area contributed by atoms with Crippen LogP contribution in [0.1, 0.15) is 72.1 Å². The lowest BCUT2D eigenvalue weighted by Gasteiger charge is -2.28. The largest absolute Gasteiger partial charge is 0.508 e. The van der Waals surface area contributed by atoms with Crippen molar-refractivity contribution in [3.05, 3.63) is 35.1 Å². The lowest BCUT2D eigenvalue weighted by molar-refractivity contribution is 0.328. The number of hydrogen-bond acceptors (Lipinski definition) is 2. The number of rotatable bonds is 10. The Kier molecular flexibility index (Phi) is 9.22. The summed E-state index contributed by atoms with van der Waals surface area (Å²) >= 11 is 0. The van der Waals surface area contributed by atoms with Crippen LogP contribution in [-0.2, 0) is 0 Å². The van der Waals surface area contributed by atoms with E-state index in [1.807, 2.05) is 13.8 Å². The Morgan fingerprint density at radius 2 is 1.95 bits per heavy atom. The third-order valence-corrected chi connectivity index (χ3v) is 4.77. The van der Waals surface area contributed by atoms with Gasteiger partial charge in [-0.15, -0.1) is 0 Å². The van der Waals surface area contributed by atoms with Crippen LogP contribution in [0.15, 0.2) is 35.1 Å². The average molecular weight is 306 g/mol. The van der Waals surface area contributed by atoms with Gasteiger partial charge in [0.1, 0.15) is 5.76 Å². The molecule has 1 aliphatic carbocycles. The molecular formula is C20H35NO. The first-order chi connectivity index (χ1) is 10.6. The van der Waals surface area contributed by atoms with E-state index >= 15 is 0 Å². The summed E-state index contributed by atoms with van der Waals surface area (Å²) in [5.74, 6) is 1.66. The van der Waals surface area contributed by atoms with Gasteiger partial charge in [0, 0.05) is 0 Å². The normalized spacial score (nSPS) is 20.5. The first-order valence-corrected chi connectivity index (χ1v) is 9.02. The number of unbranched alkanes of at least 4 members (excludes halogenated alkanes) is 3. The molecule has 126 valence electrons. The van der Waals surface area contributed by atoms with Gasteiger partial charge in [0.15, 0.2) is 0 Å². The molecule has 2 unspecified atom stereocenters. The Morgan fingerprint density at radius 3 is 2.59 bits per heavy atom. The van der Waals surface area contributed by atoms with E-state index < -0.39 is 0 Å². The first-order valence-electron chi connectivity index (χ1n) is 9.02. The van der Waals surface area contributed by atoms with Crippen molar-refractivity contribution in [3.8, 4) is 0 Å². The Balaban J connectivity index is 2.46. The van der Waals surface area contributed by atoms with Crippen molar-refractivity contribution >= 4 is 0 Å². The molecule has 22 heavy (non-hydrogen) atoms. The van der Waals surface area contributed by atoms with E-state index in [4.69, 9.17) is 5.73 Å². The molecule has 0 aromatic rings. The molecule has 0 aliphatic heterocycles. The highest BCUT2D eigenvalue weighted by Gasteiger charge is 2.24. The fourth-order valence-corrected chi connectivity index (χ4v) is 3.39. The highest BCUT2D eigenvalue weighted by Crippen LogP contribution is 2.35. The van der Waals surface area contributed by atoms with Gasteiger partial charge in [0.2, 0.25) is 0 Å². The third-order valence-electron chi connectivity index (χ3n) is 4.77. The summed E-state index contributed by atoms with van der Waals surface area (Å²) in [5.41, 5.74) is 7.98. The molecule has 0 saturated carbocycles. The molecule has 0 heterocycles. The van der Waals surface area contributed by atoms with Gasteiger partial charge in [-0.3, -0.25) is 0 Å². The summed E-state index contributed by atoms with van der Waals surface area (Å²) in [4.78, 5) is 0. The van der Waals surface area contributed by atoms with Gasteiger partial charge in [-0.2, -0.15) is 0 Å². The summed E-state index contributed by atoms with van der Waals surface area (Å²) < 4.78 is 0. The van der Waals surface area contributed by atoms with Crippen LogP contribution in [0.5, 0.6) is 0 Å². The summed E-state index contributed by atoms with van der Waals surface area (Å²) in [6.07, 6.45) is 16.5. The smallest absolute Gasteiger partial charge is 0.117 e. The second kappa shape index (κ2) is 10.7. The molecule has 2 heteroatoms. The SMILES string of the molecule is CCCCC/C=C/CCC(CCN)C1C=C(C)C(O)=C(C)C1. The molecular weight excluding hydrogens is 270 g/mol. The highest BCUT2D eigenvalue weighted by atomic mass is 16.3. The average Bonchev–Trinajstić information content (AvgIpc) is 2.50. The highest BCUT2D eigenvalue weighted by molar-refractivity contribution is 5.32. The van der Waals surface area contributed by atoms with Crippen LogP contribution in [0.2, 0.25) is 0 Å². The van der Waals surface area contributed by atoms with Gasteiger partial charge in [-0.25, -0.2) is 0 Å². The Bertz CT molecular complexity index is 406. The fraction of sp³-hybridized carbons (Fsp3) is 0.700. The lowest BCUT2D eigenvalue weighted by Crippen LogP contribution is -2.20. The van der Waals surface area contributed by atoms with Crippen LogP contribution in [0.25, 0.3) is 0 Å². The number of allylic oxidation sites excluding steroid dienone is 5. The van der Waals surface area contributed by atoms with E-state index in [1.165, 1.54) is 32.1 Å². The third kappa shape index (κ3) is 6.39. The Morgan fingerprint density at radius 1 is 1.23 bits per heavy atom. The topological polar surface area (TPSA) is 46.2 Å². The molecule has 3 N–H and O–H groups in total. The number of aliphatic hydroxyl groups excluding tert-OH is 1. The van der Waals surface area contributed by atoms with Gasteiger partial charge >= 0.3 is 0 Å². The molecule has 0 saturated heterocycles. The quantitative estimate of drug-likeness (QED) is 0.403. The van der Waals surface area contributed by atoms with Gasteiger partial charge in [-0.05, 0) is 81.9 Å². The zero-order chi connectivity index (χ0) is 16.4.